The summed E-state index contributed by atoms with van der Waals surface area (Å²) < 4.78 is 0. The predicted molar refractivity (Wildman–Crippen MR) is 82.5 cm³/mol. The first kappa shape index (κ1) is 15.0. The molecule has 0 radical (unpaired) electrons. The number of amides is 1. The van der Waals surface area contributed by atoms with E-state index in [1.54, 1.807) is 0 Å². The third kappa shape index (κ3) is 3.60. The van der Waals surface area contributed by atoms with Gasteiger partial charge in [0.15, 0.2) is 0 Å². The summed E-state index contributed by atoms with van der Waals surface area (Å²) in [5, 5.41) is 3.37. The van der Waals surface area contributed by atoms with Gasteiger partial charge in [-0.05, 0) is 38.8 Å². The zero-order valence-electron chi connectivity index (χ0n) is 12.9. The number of carbonyl (C=O) groups excluding carboxylic acids is 1. The molecule has 1 fully saturated rings. The lowest BCUT2D eigenvalue weighted by atomic mass is 10.00. The second kappa shape index (κ2) is 6.89. The van der Waals surface area contributed by atoms with E-state index >= 15 is 0 Å². The summed E-state index contributed by atoms with van der Waals surface area (Å²) in [5.74, 6) is 0.455. The highest BCUT2D eigenvalue weighted by Crippen LogP contribution is 2.20. The smallest absolute Gasteiger partial charge is 0.227 e. The summed E-state index contributed by atoms with van der Waals surface area (Å²) in [4.78, 5) is 14.7. The second-order valence-electron chi connectivity index (χ2n) is 5.88. The maximum atomic E-state index is 12.7. The highest BCUT2D eigenvalue weighted by atomic mass is 16.2. The van der Waals surface area contributed by atoms with E-state index in [1.165, 1.54) is 11.1 Å². The molecule has 1 amide bonds. The summed E-state index contributed by atoms with van der Waals surface area (Å²) in [5.41, 5.74) is 2.48. The van der Waals surface area contributed by atoms with Crippen LogP contribution in [0.5, 0.6) is 0 Å². The quantitative estimate of drug-likeness (QED) is 0.895. The van der Waals surface area contributed by atoms with Gasteiger partial charge in [0.1, 0.15) is 0 Å². The average molecular weight is 274 g/mol. The first-order valence-electron chi connectivity index (χ1n) is 7.69. The van der Waals surface area contributed by atoms with Crippen molar-refractivity contribution in [2.75, 3.05) is 13.1 Å². The van der Waals surface area contributed by atoms with Gasteiger partial charge in [0, 0.05) is 19.1 Å². The Morgan fingerprint density at radius 3 is 2.60 bits per heavy atom. The van der Waals surface area contributed by atoms with Gasteiger partial charge in [0.2, 0.25) is 5.91 Å². The van der Waals surface area contributed by atoms with Crippen molar-refractivity contribution in [3.8, 4) is 0 Å². The van der Waals surface area contributed by atoms with Crippen molar-refractivity contribution in [3.63, 3.8) is 0 Å². The molecule has 110 valence electrons. The molecule has 0 spiro atoms. The molecule has 1 aromatic rings. The largest absolute Gasteiger partial charge is 0.338 e. The van der Waals surface area contributed by atoms with Crippen LogP contribution in [0.3, 0.4) is 0 Å². The molecule has 1 saturated heterocycles. The van der Waals surface area contributed by atoms with Crippen LogP contribution in [0.4, 0.5) is 0 Å². The predicted octanol–water partition coefficient (Wildman–Crippen LogP) is 2.73. The van der Waals surface area contributed by atoms with E-state index in [4.69, 9.17) is 0 Å². The fourth-order valence-corrected chi connectivity index (χ4v) is 2.88. The third-order valence-corrected chi connectivity index (χ3v) is 4.14. The van der Waals surface area contributed by atoms with Crippen LogP contribution in [0.2, 0.25) is 0 Å². The molecule has 0 saturated carbocycles. The van der Waals surface area contributed by atoms with E-state index in [2.05, 4.69) is 50.4 Å². The molecule has 3 heteroatoms. The van der Waals surface area contributed by atoms with Crippen molar-refractivity contribution in [2.24, 2.45) is 5.92 Å². The van der Waals surface area contributed by atoms with Gasteiger partial charge in [0.25, 0.3) is 0 Å². The highest BCUT2D eigenvalue weighted by Gasteiger charge is 2.32. The minimum Gasteiger partial charge on any atom is -0.338 e. The maximum absolute atomic E-state index is 12.7. The Kier molecular flexibility index (Phi) is 5.18. The molecule has 2 unspecified atom stereocenters. The Morgan fingerprint density at radius 1 is 1.35 bits per heavy atom. The third-order valence-electron chi connectivity index (χ3n) is 4.14. The fourth-order valence-electron chi connectivity index (χ4n) is 2.88. The summed E-state index contributed by atoms with van der Waals surface area (Å²) in [6.45, 7) is 8.87. The number of nitrogens with one attached hydrogen (secondary N) is 1. The van der Waals surface area contributed by atoms with Gasteiger partial charge in [-0.1, -0.05) is 36.8 Å². The lowest BCUT2D eigenvalue weighted by molar-refractivity contribution is -0.136. The minimum absolute atomic E-state index is 0.145. The monoisotopic (exact) mass is 274 g/mol. The van der Waals surface area contributed by atoms with Crippen molar-refractivity contribution in [2.45, 2.75) is 46.2 Å². The Bertz CT molecular complexity index is 441. The average Bonchev–Trinajstić information content (AvgIpc) is 2.86. The van der Waals surface area contributed by atoms with Crippen LogP contribution >= 0.6 is 0 Å². The Hall–Kier alpha value is -1.35. The summed E-state index contributed by atoms with van der Waals surface area (Å²) in [6, 6.07) is 8.79. The van der Waals surface area contributed by atoms with Crippen molar-refractivity contribution in [1.29, 1.82) is 0 Å². The molecular formula is C17H26N2O. The topological polar surface area (TPSA) is 32.3 Å². The molecule has 3 nitrogen and oxygen atoms in total. The number of carbonyl (C=O) groups is 1. The zero-order chi connectivity index (χ0) is 14.5. The Labute approximate surface area is 122 Å². The van der Waals surface area contributed by atoms with Gasteiger partial charge in [0.05, 0.1) is 5.92 Å². The summed E-state index contributed by atoms with van der Waals surface area (Å²) >= 11 is 0. The number of nitrogens with zero attached hydrogens (tertiary/aromatic N) is 1. The molecule has 1 aliphatic rings. The summed E-state index contributed by atoms with van der Waals surface area (Å²) in [7, 11) is 0. The molecule has 0 aromatic heterocycles. The lowest BCUT2D eigenvalue weighted by Gasteiger charge is -2.27. The minimum atomic E-state index is 0.145. The zero-order valence-corrected chi connectivity index (χ0v) is 12.9. The number of hydrogen-bond acceptors (Lipinski definition) is 2. The maximum Gasteiger partial charge on any atom is 0.227 e. The molecule has 2 rings (SSSR count). The first-order valence-corrected chi connectivity index (χ1v) is 7.69. The molecule has 0 aliphatic carbocycles. The van der Waals surface area contributed by atoms with E-state index < -0.39 is 0 Å². The van der Waals surface area contributed by atoms with E-state index in [0.717, 1.165) is 32.5 Å². The van der Waals surface area contributed by atoms with Crippen LogP contribution in [-0.4, -0.2) is 29.9 Å². The molecular weight excluding hydrogens is 248 g/mol. The SMILES string of the molecule is CCCN(Cc1ccc(C)cc1)C(=O)C1CCNC1C. The first-order chi connectivity index (χ1) is 9.61. The normalized spacial score (nSPS) is 21.9. The number of benzene rings is 1. The van der Waals surface area contributed by atoms with Crippen LogP contribution < -0.4 is 5.32 Å². The molecule has 1 aliphatic heterocycles. The van der Waals surface area contributed by atoms with Gasteiger partial charge < -0.3 is 10.2 Å². The number of rotatable bonds is 5. The molecule has 2 atom stereocenters. The summed E-state index contributed by atoms with van der Waals surface area (Å²) in [6.07, 6.45) is 1.97. The van der Waals surface area contributed by atoms with Gasteiger partial charge in [-0.15, -0.1) is 0 Å². The molecule has 1 aromatic carbocycles. The Morgan fingerprint density at radius 2 is 2.05 bits per heavy atom. The molecule has 0 bridgehead atoms. The van der Waals surface area contributed by atoms with E-state index in [-0.39, 0.29) is 5.92 Å². The standard InChI is InChI=1S/C17H26N2O/c1-4-11-19(12-15-7-5-13(2)6-8-15)17(20)16-9-10-18-14(16)3/h5-8,14,16,18H,4,9-12H2,1-3H3. The molecule has 1 heterocycles. The van der Waals surface area contributed by atoms with E-state index in [9.17, 15) is 4.79 Å². The van der Waals surface area contributed by atoms with Gasteiger partial charge >= 0.3 is 0 Å². The van der Waals surface area contributed by atoms with Crippen molar-refractivity contribution >= 4 is 5.91 Å². The van der Waals surface area contributed by atoms with Crippen molar-refractivity contribution < 1.29 is 4.79 Å². The fraction of sp³-hybridized carbons (Fsp3) is 0.588. The van der Waals surface area contributed by atoms with E-state index in [1.807, 2.05) is 4.90 Å². The van der Waals surface area contributed by atoms with Gasteiger partial charge in [-0.2, -0.15) is 0 Å². The van der Waals surface area contributed by atoms with Crippen molar-refractivity contribution in [3.05, 3.63) is 35.4 Å². The molecule has 20 heavy (non-hydrogen) atoms. The lowest BCUT2D eigenvalue weighted by Crippen LogP contribution is -2.40. The number of aryl methyl sites for hydroxylation is 1. The molecule has 1 N–H and O–H groups in total. The van der Waals surface area contributed by atoms with Crippen LogP contribution in [0.25, 0.3) is 0 Å². The van der Waals surface area contributed by atoms with Gasteiger partial charge in [-0.3, -0.25) is 4.79 Å². The Balaban J connectivity index is 2.06. The van der Waals surface area contributed by atoms with Crippen molar-refractivity contribution in [1.82, 2.24) is 10.2 Å². The van der Waals surface area contributed by atoms with Crippen LogP contribution in [0.1, 0.15) is 37.8 Å². The highest BCUT2D eigenvalue weighted by molar-refractivity contribution is 5.80. The van der Waals surface area contributed by atoms with Crippen LogP contribution in [0.15, 0.2) is 24.3 Å². The van der Waals surface area contributed by atoms with Crippen LogP contribution in [-0.2, 0) is 11.3 Å². The van der Waals surface area contributed by atoms with Gasteiger partial charge in [-0.25, -0.2) is 0 Å². The number of hydrogen-bond donors (Lipinski definition) is 1. The van der Waals surface area contributed by atoms with Crippen LogP contribution in [0, 0.1) is 12.8 Å². The van der Waals surface area contributed by atoms with E-state index in [0.29, 0.717) is 11.9 Å². The second-order valence-corrected chi connectivity index (χ2v) is 5.88.